The monoisotopic (exact) mass is 210 g/mol. The summed E-state index contributed by atoms with van der Waals surface area (Å²) in [5.74, 6) is 0. The van der Waals surface area contributed by atoms with E-state index in [1.165, 1.54) is 5.56 Å². The van der Waals surface area contributed by atoms with Crippen molar-refractivity contribution < 1.29 is 4.57 Å². The maximum absolute atomic E-state index is 5.96. The highest BCUT2D eigenvalue weighted by molar-refractivity contribution is 7.13. The Hall–Kier alpha value is -0.860. The van der Waals surface area contributed by atoms with Crippen LogP contribution in [0.5, 0.6) is 0 Å². The van der Waals surface area contributed by atoms with Crippen LogP contribution in [0.4, 0.5) is 0 Å². The number of thiazole rings is 1. The molecule has 66 valence electrons. The van der Waals surface area contributed by atoms with E-state index in [4.69, 9.17) is 11.6 Å². The van der Waals surface area contributed by atoms with Crippen molar-refractivity contribution in [3.05, 3.63) is 40.2 Å². The van der Waals surface area contributed by atoms with Crippen LogP contribution < -0.4 is 4.57 Å². The first-order chi connectivity index (χ1) is 6.29. The molecular weight excluding hydrogens is 202 g/mol. The fourth-order valence-electron chi connectivity index (χ4n) is 1.23. The van der Waals surface area contributed by atoms with Crippen LogP contribution in [0.25, 0.3) is 11.3 Å². The number of benzene rings is 1. The average molecular weight is 211 g/mol. The summed E-state index contributed by atoms with van der Waals surface area (Å²) in [6, 6.07) is 10.2. The van der Waals surface area contributed by atoms with Gasteiger partial charge in [0.15, 0.2) is 0 Å². The minimum atomic E-state index is 0.804. The number of halogens is 1. The lowest BCUT2D eigenvalue weighted by atomic mass is 10.2. The van der Waals surface area contributed by atoms with Crippen molar-refractivity contribution in [3.8, 4) is 11.3 Å². The van der Waals surface area contributed by atoms with E-state index in [9.17, 15) is 0 Å². The van der Waals surface area contributed by atoms with E-state index in [2.05, 4.69) is 17.5 Å². The second-order valence-corrected chi connectivity index (χ2v) is 4.24. The smallest absolute Gasteiger partial charge is 0.174 e. The third-order valence-corrected chi connectivity index (χ3v) is 3.29. The van der Waals surface area contributed by atoms with Crippen molar-refractivity contribution >= 4 is 22.9 Å². The van der Waals surface area contributed by atoms with Crippen LogP contribution in [-0.2, 0) is 7.05 Å². The molecule has 1 heterocycles. The maximum Gasteiger partial charge on any atom is 0.333 e. The minimum Gasteiger partial charge on any atom is -0.174 e. The van der Waals surface area contributed by atoms with E-state index in [0.717, 1.165) is 10.2 Å². The van der Waals surface area contributed by atoms with Crippen molar-refractivity contribution in [2.75, 3.05) is 0 Å². The van der Waals surface area contributed by atoms with E-state index in [1.807, 2.05) is 29.8 Å². The molecule has 0 spiro atoms. The summed E-state index contributed by atoms with van der Waals surface area (Å²) in [6.45, 7) is 0. The Kier molecular flexibility index (Phi) is 2.34. The van der Waals surface area contributed by atoms with Crippen LogP contribution in [0.15, 0.2) is 35.7 Å². The topological polar surface area (TPSA) is 3.88 Å². The summed E-state index contributed by atoms with van der Waals surface area (Å²) in [6.07, 6.45) is 0. The first kappa shape index (κ1) is 8.73. The Morgan fingerprint density at radius 1 is 1.23 bits per heavy atom. The van der Waals surface area contributed by atoms with Crippen LogP contribution in [0.2, 0.25) is 4.47 Å². The molecule has 3 heteroatoms. The molecule has 0 fully saturated rings. The molecule has 0 saturated carbocycles. The Morgan fingerprint density at radius 3 is 2.46 bits per heavy atom. The predicted octanol–water partition coefficient (Wildman–Crippen LogP) is 2.89. The van der Waals surface area contributed by atoms with Gasteiger partial charge in [-0.05, 0) is 12.1 Å². The quantitative estimate of drug-likeness (QED) is 0.638. The van der Waals surface area contributed by atoms with Gasteiger partial charge in [-0.25, -0.2) is 0 Å². The second-order valence-electron chi connectivity index (χ2n) is 2.80. The van der Waals surface area contributed by atoms with Crippen LogP contribution in [0.3, 0.4) is 0 Å². The van der Waals surface area contributed by atoms with Crippen LogP contribution in [-0.4, -0.2) is 0 Å². The van der Waals surface area contributed by atoms with Crippen LogP contribution in [0, 0.1) is 0 Å². The Morgan fingerprint density at radius 2 is 1.92 bits per heavy atom. The van der Waals surface area contributed by atoms with Crippen molar-refractivity contribution in [2.45, 2.75) is 0 Å². The molecule has 0 bridgehead atoms. The lowest BCUT2D eigenvalue weighted by Gasteiger charge is -1.92. The van der Waals surface area contributed by atoms with Gasteiger partial charge >= 0.3 is 4.47 Å². The minimum absolute atomic E-state index is 0.804. The molecule has 0 atom stereocenters. The second kappa shape index (κ2) is 3.48. The molecule has 2 rings (SSSR count). The molecule has 2 aromatic rings. The average Bonchev–Trinajstić information content (AvgIpc) is 2.49. The molecule has 13 heavy (non-hydrogen) atoms. The number of nitrogens with zero attached hydrogens (tertiary/aromatic N) is 1. The van der Waals surface area contributed by atoms with Gasteiger partial charge < -0.3 is 0 Å². The van der Waals surface area contributed by atoms with E-state index in [0.29, 0.717) is 0 Å². The van der Waals surface area contributed by atoms with Crippen LogP contribution in [0.1, 0.15) is 0 Å². The van der Waals surface area contributed by atoms with Gasteiger partial charge in [0.25, 0.3) is 0 Å². The van der Waals surface area contributed by atoms with Gasteiger partial charge in [-0.3, -0.25) is 0 Å². The van der Waals surface area contributed by atoms with Gasteiger partial charge in [0.2, 0.25) is 5.69 Å². The third-order valence-electron chi connectivity index (χ3n) is 1.96. The van der Waals surface area contributed by atoms with Gasteiger partial charge in [0, 0.05) is 17.2 Å². The highest BCUT2D eigenvalue weighted by Crippen LogP contribution is 2.21. The fourth-order valence-corrected chi connectivity index (χ4v) is 2.21. The molecule has 1 aromatic carbocycles. The molecule has 0 aliphatic carbocycles. The molecule has 1 nitrogen and oxygen atoms in total. The summed E-state index contributed by atoms with van der Waals surface area (Å²) in [7, 11) is 1.97. The van der Waals surface area contributed by atoms with Crippen molar-refractivity contribution in [2.24, 2.45) is 7.05 Å². The van der Waals surface area contributed by atoms with E-state index in [-0.39, 0.29) is 0 Å². The van der Waals surface area contributed by atoms with Gasteiger partial charge in [0.05, 0.1) is 5.38 Å². The number of rotatable bonds is 1. The Balaban J connectivity index is 2.53. The Labute approximate surface area is 86.2 Å². The zero-order chi connectivity index (χ0) is 9.26. The van der Waals surface area contributed by atoms with Gasteiger partial charge in [-0.15, -0.1) is 0 Å². The molecule has 0 aliphatic rings. The van der Waals surface area contributed by atoms with Gasteiger partial charge in [-0.1, -0.05) is 29.5 Å². The summed E-state index contributed by atoms with van der Waals surface area (Å²) in [5, 5.41) is 2.07. The molecule has 0 radical (unpaired) electrons. The number of hydrogen-bond donors (Lipinski definition) is 0. The summed E-state index contributed by atoms with van der Waals surface area (Å²) < 4.78 is 2.79. The van der Waals surface area contributed by atoms with Crippen LogP contribution >= 0.6 is 22.9 Å². The first-order valence-electron chi connectivity index (χ1n) is 3.97. The molecule has 1 aromatic heterocycles. The molecule has 0 saturated heterocycles. The molecule has 0 amide bonds. The summed E-state index contributed by atoms with van der Waals surface area (Å²) >= 11 is 7.52. The normalized spacial score (nSPS) is 10.3. The largest absolute Gasteiger partial charge is 0.333 e. The molecule has 0 N–H and O–H groups in total. The zero-order valence-electron chi connectivity index (χ0n) is 7.20. The van der Waals surface area contributed by atoms with Gasteiger partial charge in [0.1, 0.15) is 7.05 Å². The standard InChI is InChI=1S/C10H9ClNS/c1-12-9(7-13-10(12)11)8-5-3-2-4-6-8/h2-7H,1H3/q+1. The first-order valence-corrected chi connectivity index (χ1v) is 5.23. The lowest BCUT2D eigenvalue weighted by molar-refractivity contribution is -0.653. The fraction of sp³-hybridized carbons (Fsp3) is 0.100. The van der Waals surface area contributed by atoms with Crippen molar-refractivity contribution in [3.63, 3.8) is 0 Å². The SMILES string of the molecule is C[n+]1c(-c2ccccc2)csc1Cl. The van der Waals surface area contributed by atoms with Gasteiger partial charge in [-0.2, -0.15) is 4.57 Å². The highest BCUT2D eigenvalue weighted by Gasteiger charge is 2.15. The predicted molar refractivity (Wildman–Crippen MR) is 55.9 cm³/mol. The van der Waals surface area contributed by atoms with E-state index >= 15 is 0 Å². The Bertz CT molecular complexity index is 408. The van der Waals surface area contributed by atoms with Crippen molar-refractivity contribution in [1.29, 1.82) is 0 Å². The van der Waals surface area contributed by atoms with E-state index in [1.54, 1.807) is 11.3 Å². The molecular formula is C10H9ClNS+. The zero-order valence-corrected chi connectivity index (χ0v) is 8.77. The molecule has 0 unspecified atom stereocenters. The van der Waals surface area contributed by atoms with Crippen molar-refractivity contribution in [1.82, 2.24) is 0 Å². The maximum atomic E-state index is 5.96. The third kappa shape index (κ3) is 1.60. The summed E-state index contributed by atoms with van der Waals surface area (Å²) in [4.78, 5) is 0. The van der Waals surface area contributed by atoms with E-state index < -0.39 is 0 Å². The summed E-state index contributed by atoms with van der Waals surface area (Å²) in [5.41, 5.74) is 2.36. The molecule has 0 aliphatic heterocycles. The highest BCUT2D eigenvalue weighted by atomic mass is 35.5. The number of aromatic nitrogens is 1. The lowest BCUT2D eigenvalue weighted by Crippen LogP contribution is -2.28. The number of hydrogen-bond acceptors (Lipinski definition) is 1.